The standard InChI is InChI=1S/C33H43N5O5/c1-3-4-16-38-31(41)27(29(39)21-8-6-5-7-9-21)36-32(42)33(38)14-17-37(18-15-33)28-23-19-25(26(28)35-20-23)43-24-12-10-22(11-13-24)30(40)34-2/h10-13,19-21,27-29,39H,3-9,14-18H2,1-2H3,(H,34,40)(H,36,42)/t27-,28-,29-/m1/s1. The molecule has 3 fully saturated rings. The molecule has 3 aliphatic heterocycles. The highest BCUT2D eigenvalue weighted by Crippen LogP contribution is 2.41. The molecule has 230 valence electrons. The van der Waals surface area contributed by atoms with Crippen LogP contribution in [0.4, 0.5) is 0 Å². The molecule has 10 heteroatoms. The Hall–Kier alpha value is -3.50. The molecule has 43 heavy (non-hydrogen) atoms. The van der Waals surface area contributed by atoms with E-state index in [-0.39, 0.29) is 29.7 Å². The van der Waals surface area contributed by atoms with Crippen LogP contribution in [0, 0.1) is 5.92 Å². The van der Waals surface area contributed by atoms with Gasteiger partial charge in [-0.1, -0.05) is 32.6 Å². The Kier molecular flexibility index (Phi) is 8.42. The number of nitrogens with one attached hydrogen (secondary N) is 2. The third-order valence-corrected chi connectivity index (χ3v) is 10.0. The van der Waals surface area contributed by atoms with Gasteiger partial charge in [0.05, 0.1) is 12.1 Å². The Morgan fingerprint density at radius 2 is 1.88 bits per heavy atom. The van der Waals surface area contributed by atoms with E-state index in [4.69, 9.17) is 4.74 Å². The van der Waals surface area contributed by atoms with Crippen molar-refractivity contribution in [2.75, 3.05) is 26.7 Å². The monoisotopic (exact) mass is 589 g/mol. The van der Waals surface area contributed by atoms with Gasteiger partial charge in [0.1, 0.15) is 23.0 Å². The summed E-state index contributed by atoms with van der Waals surface area (Å²) in [6.07, 6.45) is 10.9. The first kappa shape index (κ1) is 29.6. The summed E-state index contributed by atoms with van der Waals surface area (Å²) in [5.41, 5.74) is 1.54. The quantitative estimate of drug-likeness (QED) is 0.407. The van der Waals surface area contributed by atoms with E-state index in [2.05, 4.69) is 27.4 Å². The van der Waals surface area contributed by atoms with Gasteiger partial charge in [0.15, 0.2) is 5.76 Å². The lowest BCUT2D eigenvalue weighted by molar-refractivity contribution is -0.166. The van der Waals surface area contributed by atoms with E-state index >= 15 is 0 Å². The van der Waals surface area contributed by atoms with E-state index in [0.717, 1.165) is 56.2 Å². The molecule has 2 saturated heterocycles. The normalized spacial score (nSPS) is 26.1. The summed E-state index contributed by atoms with van der Waals surface area (Å²) in [4.78, 5) is 48.5. The number of hydrogen-bond donors (Lipinski definition) is 3. The van der Waals surface area contributed by atoms with Crippen molar-refractivity contribution < 1.29 is 24.2 Å². The minimum absolute atomic E-state index is 0.0511. The van der Waals surface area contributed by atoms with Crippen LogP contribution in [0.3, 0.4) is 0 Å². The van der Waals surface area contributed by atoms with E-state index < -0.39 is 17.7 Å². The Bertz CT molecular complexity index is 1340. The van der Waals surface area contributed by atoms with Gasteiger partial charge in [0.2, 0.25) is 11.8 Å². The lowest BCUT2D eigenvalue weighted by Gasteiger charge is -2.53. The molecule has 6 rings (SSSR count). The maximum atomic E-state index is 13.9. The van der Waals surface area contributed by atoms with Gasteiger partial charge in [0, 0.05) is 38.5 Å². The second-order valence-corrected chi connectivity index (χ2v) is 12.5. The molecule has 0 unspecified atom stereocenters. The number of hydrogen-bond acceptors (Lipinski definition) is 7. The largest absolute Gasteiger partial charge is 0.455 e. The molecule has 1 aromatic rings. The van der Waals surface area contributed by atoms with Crippen molar-refractivity contribution in [2.45, 2.75) is 88.4 Å². The number of nitrogens with zero attached hydrogens (tertiary/aromatic N) is 3. The van der Waals surface area contributed by atoms with Gasteiger partial charge in [0.25, 0.3) is 5.91 Å². The number of amides is 3. The Morgan fingerprint density at radius 1 is 1.16 bits per heavy atom. The molecule has 10 nitrogen and oxygen atoms in total. The first-order valence-electron chi connectivity index (χ1n) is 15.9. The number of piperidine rings is 1. The molecule has 5 aliphatic rings. The molecule has 1 spiro atoms. The highest BCUT2D eigenvalue weighted by atomic mass is 16.5. The lowest BCUT2D eigenvalue weighted by Crippen LogP contribution is -2.75. The highest BCUT2D eigenvalue weighted by molar-refractivity contribution is 6.00. The number of fused-ring (bicyclic) bond motifs is 2. The predicted molar refractivity (Wildman–Crippen MR) is 163 cm³/mol. The molecule has 0 aromatic heterocycles. The number of aliphatic hydroxyl groups is 1. The van der Waals surface area contributed by atoms with Crippen LogP contribution in [0.1, 0.15) is 75.1 Å². The van der Waals surface area contributed by atoms with Gasteiger partial charge in [-0.3, -0.25) is 24.3 Å². The number of carbonyl (C=O) groups is 3. The van der Waals surface area contributed by atoms with Gasteiger partial charge >= 0.3 is 0 Å². The van der Waals surface area contributed by atoms with Gasteiger partial charge in [-0.2, -0.15) is 0 Å². The van der Waals surface area contributed by atoms with Crippen molar-refractivity contribution in [3.8, 4) is 5.75 Å². The number of likely N-dealkylation sites (tertiary alicyclic amines) is 1. The molecule has 3 heterocycles. The van der Waals surface area contributed by atoms with Gasteiger partial charge < -0.3 is 25.4 Å². The molecule has 0 radical (unpaired) electrons. The summed E-state index contributed by atoms with van der Waals surface area (Å²) in [5, 5.41) is 16.8. The van der Waals surface area contributed by atoms with Gasteiger partial charge in [-0.25, -0.2) is 0 Å². The number of allylic oxidation sites excluding steroid dienone is 1. The minimum Gasteiger partial charge on any atom is -0.455 e. The van der Waals surface area contributed by atoms with Crippen molar-refractivity contribution in [2.24, 2.45) is 10.9 Å². The van der Waals surface area contributed by atoms with Crippen LogP contribution in [-0.2, 0) is 9.59 Å². The lowest BCUT2D eigenvalue weighted by atomic mass is 9.77. The van der Waals surface area contributed by atoms with Crippen LogP contribution in [0.15, 0.2) is 52.4 Å². The topological polar surface area (TPSA) is 124 Å². The number of benzene rings is 1. The van der Waals surface area contributed by atoms with Crippen LogP contribution in [-0.4, -0.2) is 89.3 Å². The zero-order valence-electron chi connectivity index (χ0n) is 25.2. The fraction of sp³-hybridized carbons (Fsp3) is 0.576. The highest BCUT2D eigenvalue weighted by Gasteiger charge is 2.56. The van der Waals surface area contributed by atoms with Crippen molar-refractivity contribution in [3.63, 3.8) is 0 Å². The summed E-state index contributed by atoms with van der Waals surface area (Å²) < 4.78 is 6.18. The maximum Gasteiger partial charge on any atom is 0.251 e. The number of aliphatic imine (C=N–C) groups is 1. The van der Waals surface area contributed by atoms with Crippen molar-refractivity contribution in [3.05, 3.63) is 52.9 Å². The van der Waals surface area contributed by atoms with E-state index in [9.17, 15) is 19.5 Å². The van der Waals surface area contributed by atoms with Crippen molar-refractivity contribution >= 4 is 23.9 Å². The number of rotatable bonds is 9. The van der Waals surface area contributed by atoms with Crippen LogP contribution < -0.4 is 15.4 Å². The van der Waals surface area contributed by atoms with Crippen LogP contribution in [0.5, 0.6) is 5.75 Å². The SMILES string of the molecule is CCCCN1C(=O)[C@@H]([C@H](O)C2CCCCC2)NC(=O)C12CCN([C@@H]1C3=CC(Oc4ccc(C(=O)NC)cc4)=C1N=C3)CC2. The predicted octanol–water partition coefficient (Wildman–Crippen LogP) is 2.93. The zero-order chi connectivity index (χ0) is 30.1. The number of piperazine rings is 1. The van der Waals surface area contributed by atoms with Crippen molar-refractivity contribution in [1.29, 1.82) is 0 Å². The number of aliphatic hydroxyl groups excluding tert-OH is 1. The molecule has 1 saturated carbocycles. The average molecular weight is 590 g/mol. The fourth-order valence-corrected chi connectivity index (χ4v) is 7.50. The molecular weight excluding hydrogens is 546 g/mol. The third kappa shape index (κ3) is 5.40. The number of unbranched alkanes of at least 4 members (excludes halogenated alkanes) is 1. The zero-order valence-corrected chi connectivity index (χ0v) is 25.2. The van der Waals surface area contributed by atoms with Crippen LogP contribution in [0.2, 0.25) is 0 Å². The smallest absolute Gasteiger partial charge is 0.251 e. The molecule has 1 aromatic carbocycles. The maximum absolute atomic E-state index is 13.9. The molecule has 3 N–H and O–H groups in total. The van der Waals surface area contributed by atoms with Crippen LogP contribution >= 0.6 is 0 Å². The second kappa shape index (κ2) is 12.2. The second-order valence-electron chi connectivity index (χ2n) is 12.5. The minimum atomic E-state index is -0.904. The summed E-state index contributed by atoms with van der Waals surface area (Å²) in [6, 6.07) is 6.08. The van der Waals surface area contributed by atoms with E-state index in [1.165, 1.54) is 0 Å². The first-order chi connectivity index (χ1) is 20.9. The molecule has 3 atom stereocenters. The van der Waals surface area contributed by atoms with Gasteiger partial charge in [-0.05, 0) is 73.9 Å². The van der Waals surface area contributed by atoms with Gasteiger partial charge in [-0.15, -0.1) is 0 Å². The van der Waals surface area contributed by atoms with E-state index in [1.807, 2.05) is 17.2 Å². The molecule has 3 amide bonds. The van der Waals surface area contributed by atoms with Crippen molar-refractivity contribution in [1.82, 2.24) is 20.4 Å². The first-order valence-corrected chi connectivity index (χ1v) is 15.9. The summed E-state index contributed by atoms with van der Waals surface area (Å²) in [5.74, 6) is 0.950. The Labute approximate surface area is 253 Å². The Balaban J connectivity index is 1.15. The summed E-state index contributed by atoms with van der Waals surface area (Å²) in [6.45, 7) is 3.87. The number of carbonyl (C=O) groups excluding carboxylic acids is 3. The fourth-order valence-electron chi connectivity index (χ4n) is 7.50. The third-order valence-electron chi connectivity index (χ3n) is 10.0. The van der Waals surface area contributed by atoms with E-state index in [1.54, 1.807) is 31.3 Å². The summed E-state index contributed by atoms with van der Waals surface area (Å²) >= 11 is 0. The summed E-state index contributed by atoms with van der Waals surface area (Å²) in [7, 11) is 1.60. The van der Waals surface area contributed by atoms with Crippen LogP contribution in [0.25, 0.3) is 0 Å². The molecular formula is C33H43N5O5. The Morgan fingerprint density at radius 3 is 2.56 bits per heavy atom. The molecule has 2 aliphatic carbocycles. The van der Waals surface area contributed by atoms with E-state index in [0.29, 0.717) is 49.5 Å². The average Bonchev–Trinajstić information content (AvgIpc) is 3.61. The molecule has 2 bridgehead atoms. The number of ether oxygens (including phenoxy) is 1.